The van der Waals surface area contributed by atoms with E-state index in [0.717, 1.165) is 8.95 Å². The van der Waals surface area contributed by atoms with Gasteiger partial charge < -0.3 is 9.47 Å². The molecule has 0 unspecified atom stereocenters. The van der Waals surface area contributed by atoms with Gasteiger partial charge in [0.25, 0.3) is 0 Å². The molecule has 4 aromatic rings. The molecule has 0 heterocycles. The molecule has 0 aliphatic rings. The normalized spacial score (nSPS) is 11.0. The van der Waals surface area contributed by atoms with E-state index in [2.05, 4.69) is 52.9 Å². The summed E-state index contributed by atoms with van der Waals surface area (Å²) < 4.78 is 12.5. The van der Waals surface area contributed by atoms with Gasteiger partial charge in [0.15, 0.2) is 0 Å². The zero-order valence-electron chi connectivity index (χ0n) is 25.6. The van der Waals surface area contributed by atoms with Crippen molar-refractivity contribution in [2.45, 2.75) is 32.1 Å². The first-order valence-corrected chi connectivity index (χ1v) is 17.1. The van der Waals surface area contributed by atoms with Crippen LogP contribution in [0.2, 0.25) is 10.0 Å². The largest absolute Gasteiger partial charge is 0.422 e. The first-order chi connectivity index (χ1) is 23.6. The highest BCUT2D eigenvalue weighted by atomic mass is 79.9. The van der Waals surface area contributed by atoms with Crippen LogP contribution >= 0.6 is 55.1 Å². The summed E-state index contributed by atoms with van der Waals surface area (Å²) >= 11 is 18.5. The molecule has 0 spiro atoms. The maximum Gasteiger partial charge on any atom is 0.343 e. The molecule has 0 fully saturated rings. The lowest BCUT2D eigenvalue weighted by Crippen LogP contribution is -2.18. The lowest BCUT2D eigenvalue weighted by atomic mass is 10.1. The molecule has 14 heteroatoms. The number of esters is 2. The zero-order chi connectivity index (χ0) is 35.2. The summed E-state index contributed by atoms with van der Waals surface area (Å²) in [4.78, 5) is 49.6. The lowest BCUT2D eigenvalue weighted by Gasteiger charge is -2.08. The number of ether oxygens (including phenoxy) is 2. The second kappa shape index (κ2) is 19.0. The van der Waals surface area contributed by atoms with Crippen LogP contribution in [0.5, 0.6) is 11.5 Å². The fourth-order valence-electron chi connectivity index (χ4n) is 4.12. The smallest absolute Gasteiger partial charge is 0.343 e. The van der Waals surface area contributed by atoms with Gasteiger partial charge >= 0.3 is 11.9 Å². The summed E-state index contributed by atoms with van der Waals surface area (Å²) in [6.07, 6.45) is 4.89. The molecule has 0 aliphatic heterocycles. The minimum absolute atomic E-state index is 0.203. The van der Waals surface area contributed by atoms with Gasteiger partial charge in [-0.3, -0.25) is 9.59 Å². The van der Waals surface area contributed by atoms with E-state index >= 15 is 0 Å². The Morgan fingerprint density at radius 2 is 0.980 bits per heavy atom. The van der Waals surface area contributed by atoms with Crippen LogP contribution in [-0.4, -0.2) is 36.2 Å². The maximum atomic E-state index is 12.5. The Hall–Kier alpha value is -4.36. The monoisotopic (exact) mass is 828 g/mol. The van der Waals surface area contributed by atoms with E-state index in [1.807, 2.05) is 0 Å². The van der Waals surface area contributed by atoms with Crippen LogP contribution in [0.25, 0.3) is 0 Å². The molecular formula is C35H28Br2Cl2N4O6. The Balaban J connectivity index is 1.17. The van der Waals surface area contributed by atoms with Gasteiger partial charge in [-0.2, -0.15) is 10.2 Å². The Kier molecular flexibility index (Phi) is 14.5. The van der Waals surface area contributed by atoms with E-state index in [0.29, 0.717) is 51.6 Å². The molecule has 49 heavy (non-hydrogen) atoms. The third kappa shape index (κ3) is 12.6. The first-order valence-electron chi connectivity index (χ1n) is 14.8. The van der Waals surface area contributed by atoms with E-state index in [1.165, 1.54) is 12.4 Å². The van der Waals surface area contributed by atoms with Crippen LogP contribution in [0.1, 0.15) is 63.9 Å². The van der Waals surface area contributed by atoms with Crippen molar-refractivity contribution in [2.75, 3.05) is 0 Å². The Morgan fingerprint density at radius 3 is 1.37 bits per heavy atom. The molecule has 0 aromatic heterocycles. The van der Waals surface area contributed by atoms with Gasteiger partial charge in [0.05, 0.1) is 23.6 Å². The van der Waals surface area contributed by atoms with Crippen LogP contribution in [-0.2, 0) is 9.59 Å². The number of hydrogen-bond donors (Lipinski definition) is 2. The minimum atomic E-state index is -0.565. The molecule has 4 rings (SSSR count). The average molecular weight is 831 g/mol. The number of hydrazone groups is 2. The molecule has 4 aromatic carbocycles. The highest BCUT2D eigenvalue weighted by Crippen LogP contribution is 2.24. The van der Waals surface area contributed by atoms with E-state index in [1.54, 1.807) is 84.9 Å². The van der Waals surface area contributed by atoms with E-state index in [9.17, 15) is 19.2 Å². The molecule has 10 nitrogen and oxygen atoms in total. The summed E-state index contributed by atoms with van der Waals surface area (Å²) in [6, 6.07) is 22.7. The third-order valence-electron chi connectivity index (χ3n) is 6.60. The highest BCUT2D eigenvalue weighted by molar-refractivity contribution is 9.10. The Morgan fingerprint density at radius 1 is 0.592 bits per heavy atom. The number of nitrogens with zero attached hydrogens (tertiary/aromatic N) is 2. The molecule has 0 aliphatic carbocycles. The highest BCUT2D eigenvalue weighted by Gasteiger charge is 2.13. The average Bonchev–Trinajstić information content (AvgIpc) is 3.07. The fraction of sp³-hybridized carbons (Fsp3) is 0.143. The molecule has 0 atom stereocenters. The Bertz CT molecular complexity index is 1730. The van der Waals surface area contributed by atoms with Gasteiger partial charge in [-0.1, -0.05) is 61.5 Å². The number of nitrogens with one attached hydrogen (secondary N) is 2. The van der Waals surface area contributed by atoms with Crippen molar-refractivity contribution in [1.29, 1.82) is 0 Å². The van der Waals surface area contributed by atoms with Gasteiger partial charge in [0.1, 0.15) is 11.5 Å². The number of carbonyl (C=O) groups is 4. The number of carbonyl (C=O) groups excluding carboxylic acids is 4. The second-order valence-electron chi connectivity index (χ2n) is 10.3. The van der Waals surface area contributed by atoms with Crippen molar-refractivity contribution in [2.24, 2.45) is 10.2 Å². The topological polar surface area (TPSA) is 136 Å². The number of rotatable bonds is 14. The summed E-state index contributed by atoms with van der Waals surface area (Å²) in [5.74, 6) is -1.21. The van der Waals surface area contributed by atoms with Crippen molar-refractivity contribution in [1.82, 2.24) is 10.9 Å². The van der Waals surface area contributed by atoms with Gasteiger partial charge in [0.2, 0.25) is 11.8 Å². The summed E-state index contributed by atoms with van der Waals surface area (Å²) in [5, 5.41) is 9.00. The van der Waals surface area contributed by atoms with Crippen molar-refractivity contribution < 1.29 is 28.7 Å². The second-order valence-corrected chi connectivity index (χ2v) is 13.0. The molecular weight excluding hydrogens is 803 g/mol. The molecule has 0 saturated heterocycles. The first kappa shape index (κ1) is 37.5. The van der Waals surface area contributed by atoms with Crippen molar-refractivity contribution >= 4 is 91.2 Å². The Labute approximate surface area is 309 Å². The molecule has 2 N–H and O–H groups in total. The maximum absolute atomic E-state index is 12.5. The van der Waals surface area contributed by atoms with Crippen LogP contribution in [0.15, 0.2) is 104 Å². The van der Waals surface area contributed by atoms with Gasteiger partial charge in [-0.05, 0) is 97.8 Å². The number of amides is 2. The lowest BCUT2D eigenvalue weighted by molar-refractivity contribution is -0.121. The van der Waals surface area contributed by atoms with Gasteiger partial charge in [0, 0.05) is 43.0 Å². The quantitative estimate of drug-likeness (QED) is 0.0430. The van der Waals surface area contributed by atoms with E-state index in [-0.39, 0.29) is 36.2 Å². The van der Waals surface area contributed by atoms with Crippen LogP contribution < -0.4 is 20.3 Å². The summed E-state index contributed by atoms with van der Waals surface area (Å²) in [7, 11) is 0. The van der Waals surface area contributed by atoms with E-state index < -0.39 is 11.9 Å². The number of benzene rings is 4. The van der Waals surface area contributed by atoms with Gasteiger partial charge in [-0.25, -0.2) is 20.4 Å². The SMILES string of the molecule is O=C(CCCCCC(=O)N/N=C\c1cc(Br)ccc1OC(=O)c1ccc(Cl)cc1)N/N=C\c1cc(Br)ccc1OC(=O)c1ccc(Cl)cc1. The van der Waals surface area contributed by atoms with Crippen molar-refractivity contribution in [3.05, 3.63) is 126 Å². The molecule has 0 saturated carbocycles. The predicted octanol–water partition coefficient (Wildman–Crippen LogP) is 8.51. The van der Waals surface area contributed by atoms with Crippen LogP contribution in [0.4, 0.5) is 0 Å². The van der Waals surface area contributed by atoms with Crippen LogP contribution in [0, 0.1) is 0 Å². The molecule has 0 radical (unpaired) electrons. The molecule has 2 amide bonds. The van der Waals surface area contributed by atoms with Crippen LogP contribution in [0.3, 0.4) is 0 Å². The van der Waals surface area contributed by atoms with Gasteiger partial charge in [-0.15, -0.1) is 0 Å². The number of halogens is 4. The molecule has 252 valence electrons. The fourth-order valence-corrected chi connectivity index (χ4v) is 5.13. The molecule has 0 bridgehead atoms. The van der Waals surface area contributed by atoms with E-state index in [4.69, 9.17) is 32.7 Å². The number of hydrogen-bond acceptors (Lipinski definition) is 8. The van der Waals surface area contributed by atoms with Crippen molar-refractivity contribution in [3.8, 4) is 11.5 Å². The zero-order valence-corrected chi connectivity index (χ0v) is 30.3. The summed E-state index contributed by atoms with van der Waals surface area (Å²) in [5.41, 5.74) is 6.54. The standard InChI is InChI=1S/C35H28Br2Cl2N4O6/c36-26-10-16-30(48-34(46)22-6-12-28(38)13-7-22)24(18-26)20-40-42-32(44)4-2-1-3-5-33(45)43-41-21-25-19-27(37)11-17-31(25)49-35(47)23-8-14-29(39)15-9-23/h6-21H,1-5H2,(H,42,44)(H,43,45)/b40-20-,41-21-. The summed E-state index contributed by atoms with van der Waals surface area (Å²) in [6.45, 7) is 0. The predicted molar refractivity (Wildman–Crippen MR) is 196 cm³/mol. The number of unbranched alkanes of at least 4 members (excludes halogenated alkanes) is 2. The minimum Gasteiger partial charge on any atom is -0.422 e. The van der Waals surface area contributed by atoms with Crippen molar-refractivity contribution in [3.63, 3.8) is 0 Å². The third-order valence-corrected chi connectivity index (χ3v) is 8.09.